The third-order valence-electron chi connectivity index (χ3n) is 5.66. The van der Waals surface area contributed by atoms with Crippen molar-refractivity contribution < 1.29 is 28.1 Å². The Balaban J connectivity index is 2.16. The van der Waals surface area contributed by atoms with Crippen molar-refractivity contribution in [1.29, 1.82) is 0 Å². The van der Waals surface area contributed by atoms with Gasteiger partial charge in [0.05, 0.1) is 19.3 Å². The van der Waals surface area contributed by atoms with E-state index in [4.69, 9.17) is 9.05 Å². The summed E-state index contributed by atoms with van der Waals surface area (Å²) in [6, 6.07) is -0.159. The van der Waals surface area contributed by atoms with Gasteiger partial charge in [-0.05, 0) is 32.1 Å². The predicted molar refractivity (Wildman–Crippen MR) is 118 cm³/mol. The molecule has 0 radical (unpaired) electrons. The van der Waals surface area contributed by atoms with Crippen molar-refractivity contribution in [3.05, 3.63) is 0 Å². The monoisotopic (exact) mass is 455 g/mol. The first-order chi connectivity index (χ1) is 14.3. The Kier molecular flexibility index (Phi) is 13.7. The Bertz CT molecular complexity index is 556. The van der Waals surface area contributed by atoms with E-state index in [2.05, 4.69) is 6.92 Å². The molecule has 1 saturated heterocycles. The molecule has 1 amide bonds. The van der Waals surface area contributed by atoms with Crippen LogP contribution in [0.1, 0.15) is 97.8 Å². The SMILES string of the molecule is CC[18O]P(=[18O])([18OH])[18O]C[C@@H]1C[C@@H](C)CN1C(=O)CCCCCCCCCCC(=O)CC. The van der Waals surface area contributed by atoms with E-state index in [9.17, 15) is 19.0 Å². The quantitative estimate of drug-likeness (QED) is 0.183. The lowest BCUT2D eigenvalue weighted by Gasteiger charge is -2.25. The molecular weight excluding hydrogens is 413 g/mol. The zero-order chi connectivity index (χ0) is 22.4. The standard InChI is InChI=1S/C22H42NO6P/c1-4-21(24)14-12-10-8-6-7-9-11-13-15-22(25)23-17-19(3)16-20(23)18-29-30(26,27)28-5-2/h19-20H,4-18H2,1-3H3,(H,26,27)/t19-,20+/m1/s1/i26+2,27+2,28+2,29+2. The second-order valence-corrected chi connectivity index (χ2v) is 9.90. The minimum atomic E-state index is -4.03. The maximum Gasteiger partial charge on any atom is 0.472 e. The zero-order valence-corrected chi connectivity index (χ0v) is 20.0. The lowest BCUT2D eigenvalue weighted by Crippen LogP contribution is -2.38. The molecule has 0 spiro atoms. The fourth-order valence-electron chi connectivity index (χ4n) is 3.97. The molecule has 1 N–H and O–H groups in total. The number of rotatable bonds is 17. The van der Waals surface area contributed by atoms with Gasteiger partial charge >= 0.3 is 7.82 Å². The van der Waals surface area contributed by atoms with E-state index >= 15 is 0 Å². The number of carbonyl (C=O) groups excluding carboxylic acids is 2. The topological polar surface area (TPSA) is 93.1 Å². The van der Waals surface area contributed by atoms with Crippen LogP contribution in [0.2, 0.25) is 0 Å². The number of phosphoric ester groups is 1. The molecule has 0 aromatic carbocycles. The molecule has 1 aliphatic rings. The highest BCUT2D eigenvalue weighted by molar-refractivity contribution is 7.47. The van der Waals surface area contributed by atoms with Crippen LogP contribution in [0.15, 0.2) is 0 Å². The summed E-state index contributed by atoms with van der Waals surface area (Å²) in [5.41, 5.74) is 0. The van der Waals surface area contributed by atoms with Gasteiger partial charge in [-0.3, -0.25) is 18.6 Å². The van der Waals surface area contributed by atoms with Crippen LogP contribution in [0.3, 0.4) is 0 Å². The average Bonchev–Trinajstić information content (AvgIpc) is 3.08. The predicted octanol–water partition coefficient (Wildman–Crippen LogP) is 5.26. The summed E-state index contributed by atoms with van der Waals surface area (Å²) in [7, 11) is -4.03. The van der Waals surface area contributed by atoms with Crippen LogP contribution >= 0.6 is 7.82 Å². The van der Waals surface area contributed by atoms with Gasteiger partial charge in [0.25, 0.3) is 0 Å². The molecule has 0 saturated carbocycles. The van der Waals surface area contributed by atoms with Crippen LogP contribution < -0.4 is 0 Å². The first-order valence-corrected chi connectivity index (χ1v) is 13.2. The largest absolute Gasteiger partial charge is 0.472 e. The number of hydrogen-bond acceptors (Lipinski definition) is 5. The number of hydrogen-bond donors (Lipinski definition) is 1. The first-order valence-electron chi connectivity index (χ1n) is 11.7. The normalized spacial score (nSPS) is 21.0. The van der Waals surface area contributed by atoms with E-state index in [0.717, 1.165) is 44.9 Å². The molecule has 1 fully saturated rings. The molecule has 0 aromatic rings. The van der Waals surface area contributed by atoms with E-state index in [1.807, 2.05) is 11.8 Å². The molecular formula is C22H42NO6P. The van der Waals surface area contributed by atoms with Crippen LogP contribution in [0.5, 0.6) is 0 Å². The van der Waals surface area contributed by atoms with Crippen molar-refractivity contribution in [2.24, 2.45) is 5.92 Å². The van der Waals surface area contributed by atoms with Crippen LogP contribution in [-0.2, 0) is 23.2 Å². The Morgan fingerprint density at radius 1 is 1.00 bits per heavy atom. The molecule has 1 rings (SSSR count). The number of unbranched alkanes of at least 4 members (excludes halogenated alkanes) is 7. The molecule has 7 nitrogen and oxygen atoms in total. The molecule has 3 atom stereocenters. The maximum atomic E-state index is 12.6. The molecule has 1 heterocycles. The highest BCUT2D eigenvalue weighted by Gasteiger charge is 2.34. The Hall–Kier alpha value is -0.750. The first kappa shape index (κ1) is 27.3. The van der Waals surface area contributed by atoms with Gasteiger partial charge in [0.15, 0.2) is 0 Å². The fourth-order valence-corrected chi connectivity index (χ4v) is 4.74. The van der Waals surface area contributed by atoms with Crippen molar-refractivity contribution in [2.45, 2.75) is 104 Å². The summed E-state index contributed by atoms with van der Waals surface area (Å²) >= 11 is 0. The second-order valence-electron chi connectivity index (χ2n) is 8.44. The van der Waals surface area contributed by atoms with Crippen LogP contribution in [0, 0.1) is 5.92 Å². The number of amides is 1. The number of ketones is 1. The van der Waals surface area contributed by atoms with Crippen LogP contribution in [0.25, 0.3) is 0 Å². The maximum absolute atomic E-state index is 12.6. The van der Waals surface area contributed by atoms with E-state index in [0.29, 0.717) is 31.1 Å². The molecule has 0 bridgehead atoms. The fraction of sp³-hybridized carbons (Fsp3) is 0.909. The zero-order valence-electron chi connectivity index (χ0n) is 19.1. The van der Waals surface area contributed by atoms with E-state index in [1.165, 1.54) is 19.3 Å². The van der Waals surface area contributed by atoms with Gasteiger partial charge < -0.3 is 9.79 Å². The Labute approximate surface area is 182 Å². The second kappa shape index (κ2) is 15.1. The summed E-state index contributed by atoms with van der Waals surface area (Å²) in [5, 5.41) is 0. The van der Waals surface area contributed by atoms with Gasteiger partial charge in [-0.25, -0.2) is 4.57 Å². The van der Waals surface area contributed by atoms with E-state index in [-0.39, 0.29) is 25.2 Å². The van der Waals surface area contributed by atoms with E-state index in [1.54, 1.807) is 6.92 Å². The minimum Gasteiger partial charge on any atom is -0.337 e. The summed E-state index contributed by atoms with van der Waals surface area (Å²) in [4.78, 5) is 35.3. The van der Waals surface area contributed by atoms with Crippen molar-refractivity contribution in [2.75, 3.05) is 19.8 Å². The number of Topliss-reactive ketones (excluding diaryl/α,β-unsaturated/α-hetero) is 1. The third kappa shape index (κ3) is 11.6. The van der Waals surface area contributed by atoms with E-state index < -0.39 is 7.82 Å². The smallest absolute Gasteiger partial charge is 0.337 e. The van der Waals surface area contributed by atoms with Gasteiger partial charge in [0, 0.05) is 25.8 Å². The molecule has 1 unspecified atom stereocenters. The van der Waals surface area contributed by atoms with Gasteiger partial charge in [-0.15, -0.1) is 0 Å². The summed E-state index contributed by atoms with van der Waals surface area (Å²) in [6.45, 7) is 6.46. The Morgan fingerprint density at radius 3 is 2.13 bits per heavy atom. The van der Waals surface area contributed by atoms with Crippen molar-refractivity contribution in [3.63, 3.8) is 0 Å². The number of likely N-dealkylation sites (tertiary alicyclic amines) is 1. The number of phosphoric acid groups is 1. The highest BCUT2D eigenvalue weighted by atomic mass is 31.2. The van der Waals surface area contributed by atoms with Gasteiger partial charge in [-0.2, -0.15) is 0 Å². The van der Waals surface area contributed by atoms with Crippen LogP contribution in [-0.4, -0.2) is 47.3 Å². The number of carbonyl (C=O) groups is 2. The van der Waals surface area contributed by atoms with Crippen LogP contribution in [0.4, 0.5) is 0 Å². The van der Waals surface area contributed by atoms with Crippen molar-refractivity contribution in [3.8, 4) is 0 Å². The molecule has 8 heteroatoms. The molecule has 0 aromatic heterocycles. The molecule has 176 valence electrons. The third-order valence-corrected chi connectivity index (χ3v) is 6.72. The lowest BCUT2D eigenvalue weighted by molar-refractivity contribution is -0.133. The minimum absolute atomic E-state index is 0.0354. The average molecular weight is 456 g/mol. The Morgan fingerprint density at radius 2 is 1.57 bits per heavy atom. The lowest BCUT2D eigenvalue weighted by atomic mass is 10.0. The van der Waals surface area contributed by atoms with Crippen molar-refractivity contribution in [1.82, 2.24) is 4.90 Å². The molecule has 30 heavy (non-hydrogen) atoms. The number of nitrogens with zero attached hydrogens (tertiary/aromatic N) is 1. The molecule has 1 aliphatic heterocycles. The van der Waals surface area contributed by atoms with Crippen molar-refractivity contribution >= 4 is 19.5 Å². The van der Waals surface area contributed by atoms with Gasteiger partial charge in [-0.1, -0.05) is 52.4 Å². The summed E-state index contributed by atoms with van der Waals surface area (Å²) in [5.74, 6) is 0.832. The molecule has 0 aliphatic carbocycles. The van der Waals surface area contributed by atoms with Gasteiger partial charge in [0.1, 0.15) is 5.78 Å². The van der Waals surface area contributed by atoms with Gasteiger partial charge in [0.2, 0.25) is 5.91 Å². The highest BCUT2D eigenvalue weighted by Crippen LogP contribution is 2.43. The summed E-state index contributed by atoms with van der Waals surface area (Å²) in [6.07, 6.45) is 11.4. The summed E-state index contributed by atoms with van der Waals surface area (Å²) < 4.78 is 21.5.